The summed E-state index contributed by atoms with van der Waals surface area (Å²) in [5.41, 5.74) is 8.36. The molecule has 0 radical (unpaired) electrons. The van der Waals surface area contributed by atoms with Crippen molar-refractivity contribution in [2.75, 3.05) is 16.2 Å². The van der Waals surface area contributed by atoms with Crippen molar-refractivity contribution in [3.8, 4) is 17.0 Å². The Hall–Kier alpha value is -3.51. The highest BCUT2D eigenvalue weighted by Crippen LogP contribution is 2.35. The molecule has 0 aliphatic carbocycles. The first-order valence-corrected chi connectivity index (χ1v) is 10.8. The summed E-state index contributed by atoms with van der Waals surface area (Å²) in [6.07, 6.45) is -3.05. The summed E-state index contributed by atoms with van der Waals surface area (Å²) >= 11 is -2.43. The third-order valence-electron chi connectivity index (χ3n) is 4.59. The number of hydrogen-bond acceptors (Lipinski definition) is 6. The first-order valence-electron chi connectivity index (χ1n) is 9.51. The maximum Gasteiger partial charge on any atom is 0.435 e. The molecule has 4 rings (SSSR count). The van der Waals surface area contributed by atoms with E-state index in [1.807, 2.05) is 0 Å². The van der Waals surface area contributed by atoms with Crippen molar-refractivity contribution in [1.82, 2.24) is 15.2 Å². The van der Waals surface area contributed by atoms with Crippen molar-refractivity contribution < 1.29 is 26.9 Å². The lowest BCUT2D eigenvalue weighted by atomic mass is 10.1. The molecule has 4 N–H and O–H groups in total. The fourth-order valence-corrected chi connectivity index (χ4v) is 3.92. The van der Waals surface area contributed by atoms with E-state index in [0.717, 1.165) is 0 Å². The molecule has 12 heteroatoms. The van der Waals surface area contributed by atoms with Crippen LogP contribution in [0.4, 0.5) is 29.1 Å². The molecule has 0 bridgehead atoms. The van der Waals surface area contributed by atoms with Crippen LogP contribution in [0.3, 0.4) is 0 Å². The van der Waals surface area contributed by atoms with Crippen LogP contribution in [0.25, 0.3) is 22.2 Å². The standard InChI is InChI=1S/C21H17F4N5O2S/c22-14-4-1-12(2-5-14)10-32-17-9-13(3-6-15(17)30-33(31)11-21(23,24)25)19-18-16(7-8-27-19)28-29-20(18)26/h1-9,30H,10-11H2,(H3,26,28,29). The van der Waals surface area contributed by atoms with Gasteiger partial charge in [0.25, 0.3) is 0 Å². The molecule has 0 amide bonds. The molecule has 2 aromatic carbocycles. The van der Waals surface area contributed by atoms with Gasteiger partial charge >= 0.3 is 6.18 Å². The molecule has 2 heterocycles. The molecule has 0 spiro atoms. The Morgan fingerprint density at radius 1 is 1.12 bits per heavy atom. The molecule has 172 valence electrons. The summed E-state index contributed by atoms with van der Waals surface area (Å²) in [4.78, 5) is 4.35. The molecule has 2 aromatic heterocycles. The van der Waals surface area contributed by atoms with E-state index >= 15 is 0 Å². The molecule has 33 heavy (non-hydrogen) atoms. The van der Waals surface area contributed by atoms with E-state index in [9.17, 15) is 22.1 Å². The minimum Gasteiger partial charge on any atom is -0.593 e. The van der Waals surface area contributed by atoms with Crippen LogP contribution in [0.5, 0.6) is 5.75 Å². The van der Waals surface area contributed by atoms with Crippen LogP contribution in [0, 0.1) is 5.82 Å². The van der Waals surface area contributed by atoms with E-state index in [1.165, 1.54) is 30.3 Å². The number of nitrogens with two attached hydrogens (primary N) is 1. The SMILES string of the molecule is Nc1n[nH]c2ccnc(-c3ccc(N[S+]([O-])CC(F)(F)F)c(OCc4ccc(F)cc4)c3)c12. The van der Waals surface area contributed by atoms with Crippen LogP contribution in [-0.2, 0) is 18.0 Å². The lowest BCUT2D eigenvalue weighted by molar-refractivity contribution is -0.106. The molecular formula is C21H17F4N5O2S. The largest absolute Gasteiger partial charge is 0.593 e. The molecule has 1 atom stereocenters. The maximum atomic E-state index is 13.2. The Kier molecular flexibility index (Phi) is 6.29. The third kappa shape index (κ3) is 5.46. The van der Waals surface area contributed by atoms with Gasteiger partial charge in [-0.15, -0.1) is 0 Å². The Labute approximate surface area is 188 Å². The molecule has 0 saturated heterocycles. The zero-order chi connectivity index (χ0) is 23.6. The van der Waals surface area contributed by atoms with E-state index in [-0.39, 0.29) is 23.9 Å². The van der Waals surface area contributed by atoms with Gasteiger partial charge in [-0.3, -0.25) is 10.1 Å². The highest BCUT2D eigenvalue weighted by molar-refractivity contribution is 7.92. The van der Waals surface area contributed by atoms with Crippen molar-refractivity contribution in [2.24, 2.45) is 0 Å². The molecular weight excluding hydrogens is 462 g/mol. The van der Waals surface area contributed by atoms with Crippen molar-refractivity contribution >= 4 is 33.8 Å². The number of halogens is 4. The number of H-pyrrole nitrogens is 1. The summed E-state index contributed by atoms with van der Waals surface area (Å²) in [7, 11) is 0. The van der Waals surface area contributed by atoms with Crippen LogP contribution in [0.2, 0.25) is 0 Å². The van der Waals surface area contributed by atoms with Crippen LogP contribution in [0.15, 0.2) is 54.7 Å². The van der Waals surface area contributed by atoms with E-state index in [1.54, 1.807) is 24.4 Å². The second-order valence-electron chi connectivity index (χ2n) is 7.02. The Morgan fingerprint density at radius 2 is 1.88 bits per heavy atom. The number of nitrogens with one attached hydrogen (secondary N) is 2. The number of nitrogens with zero attached hydrogens (tertiary/aromatic N) is 2. The smallest absolute Gasteiger partial charge is 0.435 e. The first-order chi connectivity index (χ1) is 15.7. The number of aromatic nitrogens is 3. The third-order valence-corrected chi connectivity index (χ3v) is 5.62. The van der Waals surface area contributed by atoms with Crippen LogP contribution >= 0.6 is 0 Å². The van der Waals surface area contributed by atoms with Gasteiger partial charge in [-0.25, -0.2) is 9.11 Å². The number of rotatable bonds is 7. The predicted octanol–water partition coefficient (Wildman–Crippen LogP) is 4.56. The average Bonchev–Trinajstić information content (AvgIpc) is 3.14. The molecule has 4 aromatic rings. The minimum atomic E-state index is -4.61. The highest BCUT2D eigenvalue weighted by Gasteiger charge is 2.35. The molecule has 0 saturated carbocycles. The predicted molar refractivity (Wildman–Crippen MR) is 117 cm³/mol. The highest BCUT2D eigenvalue weighted by atomic mass is 32.2. The molecule has 7 nitrogen and oxygen atoms in total. The van der Waals surface area contributed by atoms with Gasteiger partial charge in [0.1, 0.15) is 23.9 Å². The van der Waals surface area contributed by atoms with Gasteiger partial charge in [0, 0.05) is 11.8 Å². The lowest BCUT2D eigenvalue weighted by Gasteiger charge is -2.17. The van der Waals surface area contributed by atoms with Crippen molar-refractivity contribution in [3.63, 3.8) is 0 Å². The fraction of sp³-hybridized carbons (Fsp3) is 0.143. The van der Waals surface area contributed by atoms with Crippen molar-refractivity contribution in [1.29, 1.82) is 0 Å². The Morgan fingerprint density at radius 3 is 2.61 bits per heavy atom. The zero-order valence-corrected chi connectivity index (χ0v) is 17.6. The van der Waals surface area contributed by atoms with Gasteiger partial charge in [-0.2, -0.15) is 18.3 Å². The van der Waals surface area contributed by atoms with Crippen molar-refractivity contribution in [2.45, 2.75) is 12.8 Å². The quantitative estimate of drug-likeness (QED) is 0.265. The number of fused-ring (bicyclic) bond motifs is 1. The summed E-state index contributed by atoms with van der Waals surface area (Å²) in [6.45, 7) is -0.00417. The second kappa shape index (κ2) is 9.16. The van der Waals surface area contributed by atoms with E-state index in [2.05, 4.69) is 19.9 Å². The second-order valence-corrected chi connectivity index (χ2v) is 8.21. The number of alkyl halides is 3. The number of benzene rings is 2. The van der Waals surface area contributed by atoms with E-state index < -0.39 is 29.1 Å². The Bertz CT molecular complexity index is 1260. The number of nitrogen functional groups attached to an aromatic ring is 1. The summed E-state index contributed by atoms with van der Waals surface area (Å²) in [6, 6.07) is 11.8. The van der Waals surface area contributed by atoms with Gasteiger partial charge < -0.3 is 15.0 Å². The number of anilines is 2. The van der Waals surface area contributed by atoms with E-state index in [0.29, 0.717) is 27.7 Å². The summed E-state index contributed by atoms with van der Waals surface area (Å²) < 4.78 is 71.2. The van der Waals surface area contributed by atoms with Crippen LogP contribution < -0.4 is 15.2 Å². The number of aromatic amines is 1. The summed E-state index contributed by atoms with van der Waals surface area (Å²) in [5.74, 6) is -1.58. The zero-order valence-electron chi connectivity index (χ0n) is 16.8. The number of pyridine rings is 1. The average molecular weight is 479 g/mol. The minimum absolute atomic E-state index is 0.00417. The van der Waals surface area contributed by atoms with Gasteiger partial charge in [0.15, 0.2) is 5.82 Å². The van der Waals surface area contributed by atoms with Crippen LogP contribution in [0.1, 0.15) is 5.56 Å². The van der Waals surface area contributed by atoms with Gasteiger partial charge in [0.2, 0.25) is 5.75 Å². The lowest BCUT2D eigenvalue weighted by Crippen LogP contribution is -2.28. The van der Waals surface area contributed by atoms with Gasteiger partial charge in [-0.05, 0) is 35.9 Å². The normalized spacial score (nSPS) is 12.6. The molecule has 1 unspecified atom stereocenters. The first kappa shape index (κ1) is 22.7. The summed E-state index contributed by atoms with van der Waals surface area (Å²) in [5, 5.41) is 7.33. The van der Waals surface area contributed by atoms with Gasteiger partial charge in [0.05, 0.1) is 28.0 Å². The Balaban J connectivity index is 1.68. The number of hydrogen-bond donors (Lipinski definition) is 3. The van der Waals surface area contributed by atoms with Crippen molar-refractivity contribution in [3.05, 3.63) is 66.1 Å². The topological polar surface area (TPSA) is 112 Å². The number of ether oxygens (including phenoxy) is 1. The fourth-order valence-electron chi connectivity index (χ4n) is 3.13. The molecule has 0 aliphatic rings. The molecule has 0 fully saturated rings. The van der Waals surface area contributed by atoms with Gasteiger partial charge in [-0.1, -0.05) is 18.2 Å². The molecule has 0 aliphatic heterocycles. The monoisotopic (exact) mass is 479 g/mol. The van der Waals surface area contributed by atoms with E-state index in [4.69, 9.17) is 10.5 Å². The van der Waals surface area contributed by atoms with Crippen LogP contribution in [-0.4, -0.2) is 31.7 Å². The maximum absolute atomic E-state index is 13.2.